The minimum absolute atomic E-state index is 0.100. The predicted molar refractivity (Wildman–Crippen MR) is 57.8 cm³/mol. The lowest BCUT2D eigenvalue weighted by Crippen LogP contribution is -2.14. The van der Waals surface area contributed by atoms with Crippen molar-refractivity contribution in [3.63, 3.8) is 0 Å². The summed E-state index contributed by atoms with van der Waals surface area (Å²) < 4.78 is 10.5. The zero-order chi connectivity index (χ0) is 10.4. The summed E-state index contributed by atoms with van der Waals surface area (Å²) in [5, 5.41) is 2.91. The summed E-state index contributed by atoms with van der Waals surface area (Å²) in [5.41, 5.74) is 0.912. The number of methoxy groups -OCH3 is 1. The molecule has 0 aliphatic heterocycles. The molecule has 1 heterocycles. The molecule has 0 bridgehead atoms. The van der Waals surface area contributed by atoms with Crippen molar-refractivity contribution < 1.29 is 9.47 Å². The average Bonchev–Trinajstić information content (AvgIpc) is 2.63. The van der Waals surface area contributed by atoms with E-state index in [4.69, 9.17) is 21.1 Å². The van der Waals surface area contributed by atoms with Crippen LogP contribution in [0.1, 0.15) is 17.6 Å². The van der Waals surface area contributed by atoms with E-state index in [0.717, 1.165) is 10.7 Å². The molecule has 0 N–H and O–H groups in total. The summed E-state index contributed by atoms with van der Waals surface area (Å²) in [4.78, 5) is 4.28. The Morgan fingerprint density at radius 2 is 2.43 bits per heavy atom. The van der Waals surface area contributed by atoms with Crippen LogP contribution in [-0.2, 0) is 22.0 Å². The second-order valence-corrected chi connectivity index (χ2v) is 4.15. The third-order valence-electron chi connectivity index (χ3n) is 1.63. The first-order chi connectivity index (χ1) is 6.76. The highest BCUT2D eigenvalue weighted by Gasteiger charge is 2.05. The molecule has 1 aromatic heterocycles. The summed E-state index contributed by atoms with van der Waals surface area (Å²) in [6, 6.07) is 0. The SMILES string of the molecule is COCC(C)OCc1nc(CCl)cs1. The molecule has 0 aliphatic rings. The molecule has 1 aromatic rings. The smallest absolute Gasteiger partial charge is 0.119 e. The number of nitrogens with zero attached hydrogens (tertiary/aromatic N) is 1. The van der Waals surface area contributed by atoms with E-state index in [1.165, 1.54) is 0 Å². The molecular formula is C9H14ClNO2S. The van der Waals surface area contributed by atoms with E-state index >= 15 is 0 Å². The Bertz CT molecular complexity index is 267. The second kappa shape index (κ2) is 6.35. The van der Waals surface area contributed by atoms with Crippen LogP contribution in [0.15, 0.2) is 5.38 Å². The molecule has 3 nitrogen and oxygen atoms in total. The molecule has 0 amide bonds. The molecule has 14 heavy (non-hydrogen) atoms. The minimum Gasteiger partial charge on any atom is -0.382 e. The van der Waals surface area contributed by atoms with Crippen molar-refractivity contribution >= 4 is 22.9 Å². The third kappa shape index (κ3) is 3.92. The Labute approximate surface area is 93.0 Å². The van der Waals surface area contributed by atoms with Crippen molar-refractivity contribution in [2.24, 2.45) is 0 Å². The van der Waals surface area contributed by atoms with Crippen LogP contribution in [-0.4, -0.2) is 24.8 Å². The summed E-state index contributed by atoms with van der Waals surface area (Å²) in [5.74, 6) is 0.462. The fraction of sp³-hybridized carbons (Fsp3) is 0.667. The van der Waals surface area contributed by atoms with Crippen molar-refractivity contribution in [3.8, 4) is 0 Å². The lowest BCUT2D eigenvalue weighted by Gasteiger charge is -2.09. The van der Waals surface area contributed by atoms with Gasteiger partial charge in [0, 0.05) is 12.5 Å². The van der Waals surface area contributed by atoms with E-state index < -0.39 is 0 Å². The van der Waals surface area contributed by atoms with E-state index in [0.29, 0.717) is 19.1 Å². The monoisotopic (exact) mass is 235 g/mol. The highest BCUT2D eigenvalue weighted by Crippen LogP contribution is 2.13. The van der Waals surface area contributed by atoms with E-state index in [1.807, 2.05) is 12.3 Å². The highest BCUT2D eigenvalue weighted by molar-refractivity contribution is 7.09. The lowest BCUT2D eigenvalue weighted by atomic mass is 10.4. The number of hydrogen-bond donors (Lipinski definition) is 0. The number of halogens is 1. The molecule has 0 spiro atoms. The van der Waals surface area contributed by atoms with Gasteiger partial charge in [0.05, 0.1) is 30.9 Å². The molecule has 1 rings (SSSR count). The highest BCUT2D eigenvalue weighted by atomic mass is 35.5. The zero-order valence-corrected chi connectivity index (χ0v) is 9.90. The van der Waals surface area contributed by atoms with Gasteiger partial charge in [0.2, 0.25) is 0 Å². The quantitative estimate of drug-likeness (QED) is 0.710. The first kappa shape index (κ1) is 11.9. The van der Waals surface area contributed by atoms with Gasteiger partial charge in [0.15, 0.2) is 0 Å². The number of alkyl halides is 1. The maximum Gasteiger partial charge on any atom is 0.119 e. The lowest BCUT2D eigenvalue weighted by molar-refractivity contribution is -0.000209. The van der Waals surface area contributed by atoms with Crippen molar-refractivity contribution in [1.82, 2.24) is 4.98 Å². The number of rotatable bonds is 6. The molecule has 0 saturated carbocycles. The van der Waals surface area contributed by atoms with Gasteiger partial charge in [-0.25, -0.2) is 4.98 Å². The number of thiazole rings is 1. The summed E-state index contributed by atoms with van der Waals surface area (Å²) in [6.45, 7) is 3.11. The third-order valence-corrected chi connectivity index (χ3v) is 2.77. The van der Waals surface area contributed by atoms with Gasteiger partial charge in [-0.05, 0) is 6.92 Å². The number of aromatic nitrogens is 1. The molecule has 1 atom stereocenters. The Hall–Kier alpha value is -0.160. The van der Waals surface area contributed by atoms with Crippen LogP contribution in [0.5, 0.6) is 0 Å². The Balaban J connectivity index is 2.30. The van der Waals surface area contributed by atoms with Gasteiger partial charge in [-0.15, -0.1) is 22.9 Å². The molecule has 1 unspecified atom stereocenters. The van der Waals surface area contributed by atoms with Gasteiger partial charge < -0.3 is 9.47 Å². The second-order valence-electron chi connectivity index (χ2n) is 2.94. The van der Waals surface area contributed by atoms with E-state index in [9.17, 15) is 0 Å². The predicted octanol–water partition coefficient (Wildman–Crippen LogP) is 2.43. The Morgan fingerprint density at radius 3 is 3.00 bits per heavy atom. The van der Waals surface area contributed by atoms with Gasteiger partial charge in [0.25, 0.3) is 0 Å². The Morgan fingerprint density at radius 1 is 1.64 bits per heavy atom. The molecule has 5 heteroatoms. The van der Waals surface area contributed by atoms with Crippen LogP contribution >= 0.6 is 22.9 Å². The topological polar surface area (TPSA) is 31.4 Å². The Kier molecular flexibility index (Phi) is 5.40. The normalized spacial score (nSPS) is 13.1. The van der Waals surface area contributed by atoms with Gasteiger partial charge in [-0.3, -0.25) is 0 Å². The molecule has 0 aromatic carbocycles. The fourth-order valence-electron chi connectivity index (χ4n) is 0.973. The van der Waals surface area contributed by atoms with Crippen molar-refractivity contribution in [2.45, 2.75) is 25.5 Å². The van der Waals surface area contributed by atoms with Crippen LogP contribution in [0.25, 0.3) is 0 Å². The van der Waals surface area contributed by atoms with Crippen LogP contribution < -0.4 is 0 Å². The molecule has 0 radical (unpaired) electrons. The summed E-state index contributed by atoms with van der Waals surface area (Å²) >= 11 is 7.21. The average molecular weight is 236 g/mol. The van der Waals surface area contributed by atoms with Crippen LogP contribution in [0.3, 0.4) is 0 Å². The van der Waals surface area contributed by atoms with E-state index in [-0.39, 0.29) is 6.10 Å². The van der Waals surface area contributed by atoms with Crippen molar-refractivity contribution in [1.29, 1.82) is 0 Å². The molecule has 0 aliphatic carbocycles. The number of ether oxygens (including phenoxy) is 2. The standard InChI is InChI=1S/C9H14ClNO2S/c1-7(4-12-2)13-5-9-11-8(3-10)6-14-9/h6-7H,3-5H2,1-2H3. The molecular weight excluding hydrogens is 222 g/mol. The van der Waals surface area contributed by atoms with Crippen LogP contribution in [0, 0.1) is 0 Å². The van der Waals surface area contributed by atoms with Gasteiger partial charge in [-0.2, -0.15) is 0 Å². The van der Waals surface area contributed by atoms with Crippen LogP contribution in [0.4, 0.5) is 0 Å². The summed E-state index contributed by atoms with van der Waals surface area (Å²) in [7, 11) is 1.66. The first-order valence-corrected chi connectivity index (χ1v) is 5.77. The largest absolute Gasteiger partial charge is 0.382 e. The zero-order valence-electron chi connectivity index (χ0n) is 8.33. The van der Waals surface area contributed by atoms with Crippen molar-refractivity contribution in [2.75, 3.05) is 13.7 Å². The van der Waals surface area contributed by atoms with Gasteiger partial charge in [0.1, 0.15) is 5.01 Å². The van der Waals surface area contributed by atoms with Crippen LogP contribution in [0.2, 0.25) is 0 Å². The maximum atomic E-state index is 5.64. The summed E-state index contributed by atoms with van der Waals surface area (Å²) in [6.07, 6.45) is 0.100. The maximum absolute atomic E-state index is 5.64. The van der Waals surface area contributed by atoms with E-state index in [2.05, 4.69) is 4.98 Å². The molecule has 0 saturated heterocycles. The van der Waals surface area contributed by atoms with Crippen molar-refractivity contribution in [3.05, 3.63) is 16.1 Å². The molecule has 0 fully saturated rings. The molecule has 80 valence electrons. The van der Waals surface area contributed by atoms with Gasteiger partial charge in [-0.1, -0.05) is 0 Å². The first-order valence-electron chi connectivity index (χ1n) is 4.36. The van der Waals surface area contributed by atoms with Gasteiger partial charge >= 0.3 is 0 Å². The fourth-order valence-corrected chi connectivity index (χ4v) is 1.92. The number of hydrogen-bond acceptors (Lipinski definition) is 4. The van der Waals surface area contributed by atoms with E-state index in [1.54, 1.807) is 18.4 Å². The minimum atomic E-state index is 0.100.